The molecule has 0 spiro atoms. The van der Waals surface area contributed by atoms with E-state index < -0.39 is 5.41 Å². The van der Waals surface area contributed by atoms with Gasteiger partial charge in [0.2, 0.25) is 0 Å². The highest BCUT2D eigenvalue weighted by molar-refractivity contribution is 5.78. The average Bonchev–Trinajstić information content (AvgIpc) is 2.25. The zero-order chi connectivity index (χ0) is 13.2. The Hall–Kier alpha value is -1.31. The van der Waals surface area contributed by atoms with Crippen molar-refractivity contribution in [2.75, 3.05) is 0 Å². The van der Waals surface area contributed by atoms with Gasteiger partial charge in [-0.05, 0) is 69.9 Å². The monoisotopic (exact) mass is 234 g/mol. The lowest BCUT2D eigenvalue weighted by Crippen LogP contribution is -2.28. The summed E-state index contributed by atoms with van der Waals surface area (Å²) >= 11 is 0. The third-order valence-electron chi connectivity index (χ3n) is 3.55. The number of hydrogen-bond donors (Lipinski definition) is 0. The zero-order valence-corrected chi connectivity index (χ0v) is 11.7. The molecule has 0 heterocycles. The van der Waals surface area contributed by atoms with Gasteiger partial charge in [0, 0.05) is 0 Å². The van der Waals surface area contributed by atoms with Crippen molar-refractivity contribution in [2.45, 2.75) is 48.0 Å². The standard InChI is InChI=1S/C15H22O2/c1-7-15(5,6)14(16)17-13-8-10(2)12(4)11(3)9-13/h8-9H,7H2,1-6H3. The number of ether oxygens (including phenoxy) is 1. The van der Waals surface area contributed by atoms with Gasteiger partial charge in [0.15, 0.2) is 0 Å². The van der Waals surface area contributed by atoms with E-state index in [0.29, 0.717) is 5.75 Å². The molecule has 0 saturated heterocycles. The quantitative estimate of drug-likeness (QED) is 0.584. The fraction of sp³-hybridized carbons (Fsp3) is 0.533. The highest BCUT2D eigenvalue weighted by Gasteiger charge is 2.27. The predicted octanol–water partition coefficient (Wildman–Crippen LogP) is 3.95. The van der Waals surface area contributed by atoms with E-state index in [2.05, 4.69) is 6.92 Å². The Kier molecular flexibility index (Phi) is 3.97. The minimum absolute atomic E-state index is 0.164. The first-order chi connectivity index (χ1) is 7.77. The molecule has 0 aromatic heterocycles. The first-order valence-electron chi connectivity index (χ1n) is 6.08. The Morgan fingerprint density at radius 3 is 2.06 bits per heavy atom. The predicted molar refractivity (Wildman–Crippen MR) is 70.4 cm³/mol. The fourth-order valence-electron chi connectivity index (χ4n) is 1.44. The molecule has 2 heteroatoms. The molecule has 2 nitrogen and oxygen atoms in total. The second-order valence-electron chi connectivity index (χ2n) is 5.31. The van der Waals surface area contributed by atoms with Crippen LogP contribution in [0.25, 0.3) is 0 Å². The molecule has 0 aliphatic carbocycles. The summed E-state index contributed by atoms with van der Waals surface area (Å²) < 4.78 is 5.45. The summed E-state index contributed by atoms with van der Waals surface area (Å²) in [6.45, 7) is 11.9. The molecule has 0 amide bonds. The molecule has 0 saturated carbocycles. The van der Waals surface area contributed by atoms with Crippen LogP contribution in [0.15, 0.2) is 12.1 Å². The summed E-state index contributed by atoms with van der Waals surface area (Å²) in [4.78, 5) is 12.0. The molecular weight excluding hydrogens is 212 g/mol. The number of carbonyl (C=O) groups excluding carboxylic acids is 1. The summed E-state index contributed by atoms with van der Waals surface area (Å²) in [7, 11) is 0. The van der Waals surface area contributed by atoms with Crippen LogP contribution >= 0.6 is 0 Å². The maximum atomic E-state index is 12.0. The van der Waals surface area contributed by atoms with Crippen LogP contribution in [0.4, 0.5) is 0 Å². The minimum Gasteiger partial charge on any atom is -0.426 e. The van der Waals surface area contributed by atoms with Gasteiger partial charge in [-0.1, -0.05) is 6.92 Å². The highest BCUT2D eigenvalue weighted by atomic mass is 16.5. The summed E-state index contributed by atoms with van der Waals surface area (Å²) in [5.74, 6) is 0.486. The van der Waals surface area contributed by atoms with Crippen LogP contribution in [0.3, 0.4) is 0 Å². The second-order valence-corrected chi connectivity index (χ2v) is 5.31. The molecule has 0 N–H and O–H groups in total. The average molecular weight is 234 g/mol. The lowest BCUT2D eigenvalue weighted by atomic mass is 9.90. The summed E-state index contributed by atoms with van der Waals surface area (Å²) in [6.07, 6.45) is 0.773. The van der Waals surface area contributed by atoms with Crippen LogP contribution in [-0.4, -0.2) is 5.97 Å². The van der Waals surface area contributed by atoms with E-state index in [1.54, 1.807) is 0 Å². The molecule has 0 radical (unpaired) electrons. The fourth-order valence-corrected chi connectivity index (χ4v) is 1.44. The molecular formula is C15H22O2. The van der Waals surface area contributed by atoms with Crippen molar-refractivity contribution in [3.8, 4) is 5.75 Å². The number of esters is 1. The van der Waals surface area contributed by atoms with E-state index in [1.165, 1.54) is 5.56 Å². The van der Waals surface area contributed by atoms with Gasteiger partial charge in [-0.3, -0.25) is 4.79 Å². The molecule has 0 aliphatic heterocycles. The van der Waals surface area contributed by atoms with Crippen molar-refractivity contribution in [1.82, 2.24) is 0 Å². The molecule has 1 aromatic rings. The van der Waals surface area contributed by atoms with Crippen LogP contribution in [0.5, 0.6) is 5.75 Å². The normalized spacial score (nSPS) is 11.4. The summed E-state index contributed by atoms with van der Waals surface area (Å²) in [6, 6.07) is 3.85. The van der Waals surface area contributed by atoms with E-state index in [4.69, 9.17) is 4.74 Å². The molecule has 1 rings (SSSR count). The molecule has 0 fully saturated rings. The van der Waals surface area contributed by atoms with Crippen molar-refractivity contribution in [3.63, 3.8) is 0 Å². The number of hydrogen-bond acceptors (Lipinski definition) is 2. The van der Waals surface area contributed by atoms with E-state index in [0.717, 1.165) is 17.5 Å². The highest BCUT2D eigenvalue weighted by Crippen LogP contribution is 2.26. The van der Waals surface area contributed by atoms with Crippen molar-refractivity contribution in [1.29, 1.82) is 0 Å². The smallest absolute Gasteiger partial charge is 0.316 e. The van der Waals surface area contributed by atoms with Crippen LogP contribution < -0.4 is 4.74 Å². The van der Waals surface area contributed by atoms with E-state index >= 15 is 0 Å². The van der Waals surface area contributed by atoms with E-state index in [1.807, 2.05) is 46.8 Å². The van der Waals surface area contributed by atoms with Gasteiger partial charge in [0.1, 0.15) is 5.75 Å². The van der Waals surface area contributed by atoms with Gasteiger partial charge in [-0.2, -0.15) is 0 Å². The van der Waals surface area contributed by atoms with Gasteiger partial charge in [-0.25, -0.2) is 0 Å². The number of rotatable bonds is 3. The Morgan fingerprint density at radius 2 is 1.65 bits per heavy atom. The Morgan fingerprint density at radius 1 is 1.18 bits per heavy atom. The number of aryl methyl sites for hydroxylation is 2. The SMILES string of the molecule is CCC(C)(C)C(=O)Oc1cc(C)c(C)c(C)c1. The molecule has 17 heavy (non-hydrogen) atoms. The third-order valence-corrected chi connectivity index (χ3v) is 3.55. The lowest BCUT2D eigenvalue weighted by molar-refractivity contribution is -0.144. The Labute approximate surface area is 104 Å². The summed E-state index contributed by atoms with van der Waals surface area (Å²) in [5.41, 5.74) is 3.14. The zero-order valence-electron chi connectivity index (χ0n) is 11.7. The largest absolute Gasteiger partial charge is 0.426 e. The third kappa shape index (κ3) is 3.09. The Balaban J connectivity index is 2.94. The topological polar surface area (TPSA) is 26.3 Å². The van der Waals surface area contributed by atoms with Crippen LogP contribution in [0.1, 0.15) is 43.9 Å². The maximum Gasteiger partial charge on any atom is 0.316 e. The van der Waals surface area contributed by atoms with E-state index in [9.17, 15) is 4.79 Å². The maximum absolute atomic E-state index is 12.0. The van der Waals surface area contributed by atoms with Crippen molar-refractivity contribution in [2.24, 2.45) is 5.41 Å². The number of benzene rings is 1. The first-order valence-corrected chi connectivity index (χ1v) is 6.08. The van der Waals surface area contributed by atoms with Gasteiger partial charge >= 0.3 is 5.97 Å². The molecule has 1 aromatic carbocycles. The van der Waals surface area contributed by atoms with E-state index in [-0.39, 0.29) is 5.97 Å². The van der Waals surface area contributed by atoms with Crippen molar-refractivity contribution in [3.05, 3.63) is 28.8 Å². The van der Waals surface area contributed by atoms with Gasteiger partial charge < -0.3 is 4.74 Å². The molecule has 0 aliphatic rings. The van der Waals surface area contributed by atoms with Crippen LogP contribution in [0.2, 0.25) is 0 Å². The van der Waals surface area contributed by atoms with Gasteiger partial charge in [0.25, 0.3) is 0 Å². The lowest BCUT2D eigenvalue weighted by Gasteiger charge is -2.20. The molecule has 94 valence electrons. The molecule has 0 bridgehead atoms. The Bertz CT molecular complexity index is 408. The van der Waals surface area contributed by atoms with Gasteiger partial charge in [-0.15, -0.1) is 0 Å². The summed E-state index contributed by atoms with van der Waals surface area (Å²) in [5, 5.41) is 0. The van der Waals surface area contributed by atoms with Crippen molar-refractivity contribution < 1.29 is 9.53 Å². The van der Waals surface area contributed by atoms with Gasteiger partial charge in [0.05, 0.1) is 5.41 Å². The van der Waals surface area contributed by atoms with Crippen LogP contribution in [-0.2, 0) is 4.79 Å². The number of carbonyl (C=O) groups is 1. The van der Waals surface area contributed by atoms with Crippen LogP contribution in [0, 0.1) is 26.2 Å². The first kappa shape index (κ1) is 13.8. The second kappa shape index (κ2) is 4.91. The van der Waals surface area contributed by atoms with Crippen molar-refractivity contribution >= 4 is 5.97 Å². The minimum atomic E-state index is -0.424. The molecule has 0 atom stereocenters. The molecule has 0 unspecified atom stereocenters.